The topological polar surface area (TPSA) is 64.8 Å². The van der Waals surface area contributed by atoms with Crippen molar-refractivity contribution < 1.29 is 14.3 Å². The van der Waals surface area contributed by atoms with Gasteiger partial charge in [-0.1, -0.05) is 37.5 Å². The smallest absolute Gasteiger partial charge is 0.254 e. The highest BCUT2D eigenvalue weighted by Crippen LogP contribution is 2.34. The van der Waals surface area contributed by atoms with Crippen molar-refractivity contribution in [2.75, 3.05) is 6.79 Å². The Hall–Kier alpha value is -2.24. The van der Waals surface area contributed by atoms with Crippen LogP contribution in [0, 0.1) is 0 Å². The molecule has 1 saturated carbocycles. The number of carbonyl (C=O) groups excluding carboxylic acids is 1. The molecule has 6 heteroatoms. The molecule has 2 aromatic rings. The van der Waals surface area contributed by atoms with E-state index in [-0.39, 0.29) is 31.1 Å². The van der Waals surface area contributed by atoms with Crippen molar-refractivity contribution in [3.05, 3.63) is 59.2 Å². The zero-order valence-corrected chi connectivity index (χ0v) is 16.7. The molecule has 0 radical (unpaired) electrons. The van der Waals surface area contributed by atoms with Crippen LogP contribution in [0.25, 0.3) is 0 Å². The SMILES string of the molecule is Cl.NCc1ccc(C(=O)N(Cc2ccc3c(c2)OCO3)C2CCCCC2)cc1. The second-order valence-electron chi connectivity index (χ2n) is 7.31. The van der Waals surface area contributed by atoms with E-state index in [9.17, 15) is 4.79 Å². The van der Waals surface area contributed by atoms with E-state index in [4.69, 9.17) is 15.2 Å². The summed E-state index contributed by atoms with van der Waals surface area (Å²) in [5.74, 6) is 1.62. The molecule has 1 amide bonds. The average Bonchev–Trinajstić information content (AvgIpc) is 3.20. The van der Waals surface area contributed by atoms with Crippen LogP contribution in [0.4, 0.5) is 0 Å². The van der Waals surface area contributed by atoms with Crippen LogP contribution in [0.1, 0.15) is 53.6 Å². The summed E-state index contributed by atoms with van der Waals surface area (Å²) in [6.07, 6.45) is 5.76. The zero-order valence-electron chi connectivity index (χ0n) is 15.9. The lowest BCUT2D eigenvalue weighted by molar-refractivity contribution is 0.0614. The van der Waals surface area contributed by atoms with Gasteiger partial charge in [0.2, 0.25) is 6.79 Å². The summed E-state index contributed by atoms with van der Waals surface area (Å²) in [6, 6.07) is 13.9. The summed E-state index contributed by atoms with van der Waals surface area (Å²) < 4.78 is 10.9. The molecule has 0 spiro atoms. The number of rotatable bonds is 5. The van der Waals surface area contributed by atoms with Gasteiger partial charge in [-0.2, -0.15) is 0 Å². The van der Waals surface area contributed by atoms with Crippen molar-refractivity contribution in [3.63, 3.8) is 0 Å². The molecule has 0 saturated heterocycles. The van der Waals surface area contributed by atoms with Crippen molar-refractivity contribution in [3.8, 4) is 11.5 Å². The maximum atomic E-state index is 13.3. The van der Waals surface area contributed by atoms with Gasteiger partial charge in [-0.25, -0.2) is 0 Å². The highest BCUT2D eigenvalue weighted by Gasteiger charge is 2.27. The Morgan fingerprint density at radius 1 is 0.964 bits per heavy atom. The Morgan fingerprint density at radius 2 is 1.64 bits per heavy atom. The minimum absolute atomic E-state index is 0. The fraction of sp³-hybridized carbons (Fsp3) is 0.409. The maximum Gasteiger partial charge on any atom is 0.254 e. The van der Waals surface area contributed by atoms with E-state index in [1.807, 2.05) is 47.4 Å². The molecule has 4 rings (SSSR count). The summed E-state index contributed by atoms with van der Waals surface area (Å²) in [4.78, 5) is 15.4. The number of halogens is 1. The third kappa shape index (κ3) is 4.42. The monoisotopic (exact) mass is 402 g/mol. The van der Waals surface area contributed by atoms with Gasteiger partial charge in [0, 0.05) is 24.7 Å². The molecular weight excluding hydrogens is 376 g/mol. The predicted octanol–water partition coefficient (Wildman–Crippen LogP) is 4.27. The van der Waals surface area contributed by atoms with E-state index in [1.165, 1.54) is 19.3 Å². The van der Waals surface area contributed by atoms with E-state index >= 15 is 0 Å². The van der Waals surface area contributed by atoms with Crippen LogP contribution < -0.4 is 15.2 Å². The molecule has 2 N–H and O–H groups in total. The molecule has 1 fully saturated rings. The van der Waals surface area contributed by atoms with Gasteiger partial charge in [-0.15, -0.1) is 12.4 Å². The number of fused-ring (bicyclic) bond motifs is 1. The quantitative estimate of drug-likeness (QED) is 0.811. The van der Waals surface area contributed by atoms with E-state index in [0.29, 0.717) is 13.1 Å². The minimum atomic E-state index is 0. The molecule has 28 heavy (non-hydrogen) atoms. The summed E-state index contributed by atoms with van der Waals surface area (Å²) in [7, 11) is 0. The molecule has 0 aromatic heterocycles. The second kappa shape index (κ2) is 9.30. The average molecular weight is 403 g/mol. The van der Waals surface area contributed by atoms with E-state index in [0.717, 1.165) is 41.0 Å². The Bertz CT molecular complexity index is 804. The summed E-state index contributed by atoms with van der Waals surface area (Å²) in [5, 5.41) is 0. The van der Waals surface area contributed by atoms with E-state index in [1.54, 1.807) is 0 Å². The number of hydrogen-bond acceptors (Lipinski definition) is 4. The fourth-order valence-corrected chi connectivity index (χ4v) is 3.94. The minimum Gasteiger partial charge on any atom is -0.454 e. The first-order chi connectivity index (χ1) is 13.2. The zero-order chi connectivity index (χ0) is 18.6. The molecular formula is C22H27ClN2O3. The maximum absolute atomic E-state index is 13.3. The Kier molecular flexibility index (Phi) is 6.81. The highest BCUT2D eigenvalue weighted by molar-refractivity contribution is 5.94. The van der Waals surface area contributed by atoms with Gasteiger partial charge in [0.15, 0.2) is 11.5 Å². The normalized spacial score (nSPS) is 15.8. The molecule has 1 aliphatic heterocycles. The van der Waals surface area contributed by atoms with Crippen LogP contribution >= 0.6 is 12.4 Å². The molecule has 1 heterocycles. The Morgan fingerprint density at radius 3 is 2.36 bits per heavy atom. The number of nitrogens with zero attached hydrogens (tertiary/aromatic N) is 1. The highest BCUT2D eigenvalue weighted by atomic mass is 35.5. The van der Waals surface area contributed by atoms with Crippen LogP contribution in [-0.4, -0.2) is 23.6 Å². The third-order valence-corrected chi connectivity index (χ3v) is 5.50. The van der Waals surface area contributed by atoms with Crippen molar-refractivity contribution in [2.45, 2.75) is 51.2 Å². The standard InChI is InChI=1S/C22H26N2O3.ClH/c23-13-16-6-9-18(10-7-16)22(25)24(19-4-2-1-3-5-19)14-17-8-11-20-21(12-17)27-15-26-20;/h6-12,19H,1-5,13-15,23H2;1H. The van der Waals surface area contributed by atoms with Crippen LogP contribution in [0.2, 0.25) is 0 Å². The fourth-order valence-electron chi connectivity index (χ4n) is 3.94. The van der Waals surface area contributed by atoms with Crippen molar-refractivity contribution in [1.82, 2.24) is 4.90 Å². The van der Waals surface area contributed by atoms with Gasteiger partial charge in [-0.3, -0.25) is 4.79 Å². The Balaban J connectivity index is 0.00000225. The van der Waals surface area contributed by atoms with E-state index in [2.05, 4.69) is 0 Å². The molecule has 0 bridgehead atoms. The summed E-state index contributed by atoms with van der Waals surface area (Å²) in [5.41, 5.74) is 8.50. The molecule has 0 unspecified atom stereocenters. The molecule has 0 atom stereocenters. The number of carbonyl (C=O) groups is 1. The van der Waals surface area contributed by atoms with Crippen LogP contribution in [0.15, 0.2) is 42.5 Å². The Labute approximate surface area is 172 Å². The van der Waals surface area contributed by atoms with Crippen molar-refractivity contribution in [2.24, 2.45) is 5.73 Å². The molecule has 1 aliphatic carbocycles. The van der Waals surface area contributed by atoms with Gasteiger partial charge >= 0.3 is 0 Å². The third-order valence-electron chi connectivity index (χ3n) is 5.50. The van der Waals surface area contributed by atoms with Gasteiger partial charge < -0.3 is 20.1 Å². The second-order valence-corrected chi connectivity index (χ2v) is 7.31. The summed E-state index contributed by atoms with van der Waals surface area (Å²) in [6.45, 7) is 1.33. The van der Waals surface area contributed by atoms with Gasteiger partial charge in [0.05, 0.1) is 0 Å². The number of ether oxygens (including phenoxy) is 2. The lowest BCUT2D eigenvalue weighted by atomic mass is 9.93. The first-order valence-corrected chi connectivity index (χ1v) is 9.73. The lowest BCUT2D eigenvalue weighted by Gasteiger charge is -2.34. The molecule has 2 aliphatic rings. The van der Waals surface area contributed by atoms with E-state index < -0.39 is 0 Å². The molecule has 150 valence electrons. The van der Waals surface area contributed by atoms with Crippen molar-refractivity contribution in [1.29, 1.82) is 0 Å². The van der Waals surface area contributed by atoms with Crippen LogP contribution in [0.5, 0.6) is 11.5 Å². The number of benzene rings is 2. The van der Waals surface area contributed by atoms with Gasteiger partial charge in [0.25, 0.3) is 5.91 Å². The van der Waals surface area contributed by atoms with Gasteiger partial charge in [0.1, 0.15) is 0 Å². The number of amides is 1. The largest absolute Gasteiger partial charge is 0.454 e. The first-order valence-electron chi connectivity index (χ1n) is 9.73. The predicted molar refractivity (Wildman–Crippen MR) is 111 cm³/mol. The van der Waals surface area contributed by atoms with Crippen molar-refractivity contribution >= 4 is 18.3 Å². The number of nitrogens with two attached hydrogens (primary N) is 1. The van der Waals surface area contributed by atoms with Crippen LogP contribution in [0.3, 0.4) is 0 Å². The van der Waals surface area contributed by atoms with Crippen LogP contribution in [-0.2, 0) is 13.1 Å². The van der Waals surface area contributed by atoms with Gasteiger partial charge in [-0.05, 0) is 48.2 Å². The molecule has 5 nitrogen and oxygen atoms in total. The first kappa shape index (κ1) is 20.5. The number of hydrogen-bond donors (Lipinski definition) is 1. The lowest BCUT2D eigenvalue weighted by Crippen LogP contribution is -2.41. The summed E-state index contributed by atoms with van der Waals surface area (Å²) >= 11 is 0. The molecule has 2 aromatic carbocycles.